The fraction of sp³-hybridized carbons (Fsp3) is 0.500. The Morgan fingerprint density at radius 1 is 1.65 bits per heavy atom. The Morgan fingerprint density at radius 3 is 2.94 bits per heavy atom. The largest absolute Gasteiger partial charge is 0.376 e. The minimum absolute atomic E-state index is 0.105. The van der Waals surface area contributed by atoms with Crippen molar-refractivity contribution >= 4 is 11.7 Å². The molecule has 0 aliphatic heterocycles. The van der Waals surface area contributed by atoms with Crippen LogP contribution in [0.15, 0.2) is 18.3 Å². The number of methoxy groups -OCH3 is 1. The molecular formula is C12H17N3O2. The summed E-state index contributed by atoms with van der Waals surface area (Å²) in [4.78, 5) is 15.3. The van der Waals surface area contributed by atoms with Gasteiger partial charge in [0.1, 0.15) is 5.82 Å². The van der Waals surface area contributed by atoms with Gasteiger partial charge in [0.2, 0.25) is 0 Å². The van der Waals surface area contributed by atoms with Crippen LogP contribution >= 0.6 is 0 Å². The predicted octanol–water partition coefficient (Wildman–Crippen LogP) is 1.16. The quantitative estimate of drug-likeness (QED) is 0.803. The van der Waals surface area contributed by atoms with Gasteiger partial charge in [-0.3, -0.25) is 4.79 Å². The number of ether oxygens (including phenoxy) is 1. The predicted molar refractivity (Wildman–Crippen MR) is 64.8 cm³/mol. The molecule has 1 aliphatic rings. The standard InChI is InChI=1S/C12H17N3O2/c1-17-12(5-3-6-12)8-15-11-9(10(13)16)4-2-7-14-11/h2,4,7H,3,5-6,8H2,1H3,(H2,13,16)(H,14,15). The van der Waals surface area contributed by atoms with E-state index in [9.17, 15) is 4.79 Å². The molecule has 0 atom stereocenters. The number of hydrogen-bond acceptors (Lipinski definition) is 4. The first-order chi connectivity index (χ1) is 8.17. The lowest BCUT2D eigenvalue weighted by Crippen LogP contribution is -2.45. The maximum atomic E-state index is 11.2. The Bertz CT molecular complexity index is 410. The molecule has 17 heavy (non-hydrogen) atoms. The number of nitrogens with two attached hydrogens (primary N) is 1. The molecule has 0 aromatic carbocycles. The highest BCUT2D eigenvalue weighted by Crippen LogP contribution is 2.35. The molecular weight excluding hydrogens is 218 g/mol. The molecule has 0 spiro atoms. The van der Waals surface area contributed by atoms with Crippen LogP contribution in [0.4, 0.5) is 5.82 Å². The molecule has 1 amide bonds. The highest BCUT2D eigenvalue weighted by molar-refractivity contribution is 5.97. The summed E-state index contributed by atoms with van der Waals surface area (Å²) >= 11 is 0. The average molecular weight is 235 g/mol. The van der Waals surface area contributed by atoms with Gasteiger partial charge in [0.15, 0.2) is 0 Å². The molecule has 5 heteroatoms. The smallest absolute Gasteiger partial charge is 0.252 e. The summed E-state index contributed by atoms with van der Waals surface area (Å²) in [5.74, 6) is 0.0593. The van der Waals surface area contributed by atoms with E-state index in [1.54, 1.807) is 25.4 Å². The number of aromatic nitrogens is 1. The van der Waals surface area contributed by atoms with E-state index in [0.717, 1.165) is 12.8 Å². The van der Waals surface area contributed by atoms with Crippen molar-refractivity contribution in [2.24, 2.45) is 5.73 Å². The Morgan fingerprint density at radius 2 is 2.41 bits per heavy atom. The van der Waals surface area contributed by atoms with Gasteiger partial charge >= 0.3 is 0 Å². The third kappa shape index (κ3) is 2.39. The van der Waals surface area contributed by atoms with Gasteiger partial charge in [-0.25, -0.2) is 4.98 Å². The van der Waals surface area contributed by atoms with E-state index >= 15 is 0 Å². The summed E-state index contributed by atoms with van der Waals surface area (Å²) in [6, 6.07) is 3.36. The molecule has 1 fully saturated rings. The molecule has 92 valence electrons. The number of anilines is 1. The van der Waals surface area contributed by atoms with Crippen molar-refractivity contribution in [1.82, 2.24) is 4.98 Å². The van der Waals surface area contributed by atoms with Gasteiger partial charge in [-0.15, -0.1) is 0 Å². The van der Waals surface area contributed by atoms with E-state index in [1.165, 1.54) is 6.42 Å². The number of nitrogens with zero attached hydrogens (tertiary/aromatic N) is 1. The van der Waals surface area contributed by atoms with Crippen LogP contribution in [-0.2, 0) is 4.74 Å². The fourth-order valence-corrected chi connectivity index (χ4v) is 2.01. The van der Waals surface area contributed by atoms with Crippen molar-refractivity contribution in [2.75, 3.05) is 19.0 Å². The van der Waals surface area contributed by atoms with Crippen molar-refractivity contribution in [3.63, 3.8) is 0 Å². The van der Waals surface area contributed by atoms with Crippen LogP contribution in [0.1, 0.15) is 29.6 Å². The molecule has 0 saturated heterocycles. The molecule has 1 aromatic heterocycles. The fourth-order valence-electron chi connectivity index (χ4n) is 2.01. The van der Waals surface area contributed by atoms with Gasteiger partial charge in [0.05, 0.1) is 11.2 Å². The van der Waals surface area contributed by atoms with E-state index in [-0.39, 0.29) is 5.60 Å². The number of nitrogens with one attached hydrogen (secondary N) is 1. The third-order valence-electron chi connectivity index (χ3n) is 3.35. The van der Waals surface area contributed by atoms with E-state index in [0.29, 0.717) is 17.9 Å². The minimum Gasteiger partial charge on any atom is -0.376 e. The monoisotopic (exact) mass is 235 g/mol. The third-order valence-corrected chi connectivity index (χ3v) is 3.35. The van der Waals surface area contributed by atoms with Crippen LogP contribution in [0.3, 0.4) is 0 Å². The second kappa shape index (κ2) is 4.71. The first kappa shape index (κ1) is 11.9. The zero-order chi connectivity index (χ0) is 12.3. The van der Waals surface area contributed by atoms with E-state index in [4.69, 9.17) is 10.5 Å². The van der Waals surface area contributed by atoms with Gasteiger partial charge in [0.25, 0.3) is 5.91 Å². The number of hydrogen-bond donors (Lipinski definition) is 2. The summed E-state index contributed by atoms with van der Waals surface area (Å²) < 4.78 is 5.49. The molecule has 0 unspecified atom stereocenters. The SMILES string of the molecule is COC1(CNc2ncccc2C(N)=O)CCC1. The zero-order valence-electron chi connectivity index (χ0n) is 9.90. The van der Waals surface area contributed by atoms with Crippen LogP contribution in [0.2, 0.25) is 0 Å². The first-order valence-electron chi connectivity index (χ1n) is 5.71. The Balaban J connectivity index is 2.06. The van der Waals surface area contributed by atoms with Gasteiger partial charge in [-0.2, -0.15) is 0 Å². The van der Waals surface area contributed by atoms with E-state index < -0.39 is 5.91 Å². The molecule has 1 aromatic rings. The van der Waals surface area contributed by atoms with Crippen molar-refractivity contribution in [2.45, 2.75) is 24.9 Å². The lowest BCUT2D eigenvalue weighted by molar-refractivity contribution is -0.0601. The van der Waals surface area contributed by atoms with Gasteiger partial charge in [-0.1, -0.05) is 0 Å². The highest BCUT2D eigenvalue weighted by atomic mass is 16.5. The number of amides is 1. The topological polar surface area (TPSA) is 77.2 Å². The van der Waals surface area contributed by atoms with Crippen LogP contribution in [0, 0.1) is 0 Å². The summed E-state index contributed by atoms with van der Waals surface area (Å²) in [6.07, 6.45) is 4.89. The molecule has 3 N–H and O–H groups in total. The molecule has 1 saturated carbocycles. The maximum absolute atomic E-state index is 11.2. The summed E-state index contributed by atoms with van der Waals surface area (Å²) in [6.45, 7) is 0.654. The van der Waals surface area contributed by atoms with Crippen molar-refractivity contribution in [3.05, 3.63) is 23.9 Å². The van der Waals surface area contributed by atoms with Gasteiger partial charge < -0.3 is 15.8 Å². The first-order valence-corrected chi connectivity index (χ1v) is 5.71. The van der Waals surface area contributed by atoms with Crippen LogP contribution in [-0.4, -0.2) is 30.1 Å². The minimum atomic E-state index is -0.472. The van der Waals surface area contributed by atoms with Crippen LogP contribution in [0.25, 0.3) is 0 Å². The number of primary amides is 1. The summed E-state index contributed by atoms with van der Waals surface area (Å²) in [5, 5.41) is 3.15. The van der Waals surface area contributed by atoms with Crippen molar-refractivity contribution < 1.29 is 9.53 Å². The summed E-state index contributed by atoms with van der Waals surface area (Å²) in [5.41, 5.74) is 5.59. The molecule has 5 nitrogen and oxygen atoms in total. The van der Waals surface area contributed by atoms with E-state index in [2.05, 4.69) is 10.3 Å². The average Bonchev–Trinajstić information content (AvgIpc) is 2.28. The van der Waals surface area contributed by atoms with Crippen molar-refractivity contribution in [3.8, 4) is 0 Å². The van der Waals surface area contributed by atoms with E-state index in [1.807, 2.05) is 0 Å². The number of pyridine rings is 1. The molecule has 0 bridgehead atoms. The Hall–Kier alpha value is -1.62. The number of rotatable bonds is 5. The Labute approximate surface area is 100 Å². The second-order valence-electron chi connectivity index (χ2n) is 4.36. The normalized spacial score (nSPS) is 17.2. The van der Waals surface area contributed by atoms with Crippen LogP contribution in [0.5, 0.6) is 0 Å². The summed E-state index contributed by atoms with van der Waals surface area (Å²) in [7, 11) is 1.72. The molecule has 1 heterocycles. The Kier molecular flexibility index (Phi) is 3.28. The van der Waals surface area contributed by atoms with Crippen molar-refractivity contribution in [1.29, 1.82) is 0 Å². The second-order valence-corrected chi connectivity index (χ2v) is 4.36. The lowest BCUT2D eigenvalue weighted by atomic mass is 9.80. The molecule has 1 aliphatic carbocycles. The number of carbonyl (C=O) groups excluding carboxylic acids is 1. The molecule has 0 radical (unpaired) electrons. The highest BCUT2D eigenvalue weighted by Gasteiger charge is 2.36. The molecule has 2 rings (SSSR count). The maximum Gasteiger partial charge on any atom is 0.252 e. The van der Waals surface area contributed by atoms with Gasteiger partial charge in [-0.05, 0) is 31.4 Å². The zero-order valence-corrected chi connectivity index (χ0v) is 9.90. The number of carbonyl (C=O) groups is 1. The van der Waals surface area contributed by atoms with Gasteiger partial charge in [0, 0.05) is 19.9 Å². The lowest BCUT2D eigenvalue weighted by Gasteiger charge is -2.40. The van der Waals surface area contributed by atoms with Crippen LogP contribution < -0.4 is 11.1 Å².